The lowest BCUT2D eigenvalue weighted by Crippen LogP contribution is -2.43. The lowest BCUT2D eigenvalue weighted by atomic mass is 9.81. The fourth-order valence-electron chi connectivity index (χ4n) is 4.42. The maximum absolute atomic E-state index is 12.9. The lowest BCUT2D eigenvalue weighted by molar-refractivity contribution is -0.138. The molecular weight excluding hydrogens is 272 g/mol. The molecule has 1 unspecified atom stereocenters. The van der Waals surface area contributed by atoms with Crippen molar-refractivity contribution in [2.24, 2.45) is 17.8 Å². The van der Waals surface area contributed by atoms with Crippen LogP contribution in [0.25, 0.3) is 0 Å². The maximum Gasteiger partial charge on any atom is 0.225 e. The van der Waals surface area contributed by atoms with Crippen LogP contribution in [0, 0.1) is 17.8 Å². The molecule has 1 N–H and O–H groups in total. The third kappa shape index (κ3) is 5.26. The van der Waals surface area contributed by atoms with Gasteiger partial charge in [-0.3, -0.25) is 4.79 Å². The molecule has 0 aromatic carbocycles. The average molecular weight is 309 g/mol. The van der Waals surface area contributed by atoms with Crippen molar-refractivity contribution in [2.75, 3.05) is 26.7 Å². The maximum atomic E-state index is 12.9. The molecule has 0 radical (unpaired) electrons. The summed E-state index contributed by atoms with van der Waals surface area (Å²) in [5, 5.41) is 3.28. The van der Waals surface area contributed by atoms with Crippen LogP contribution in [0.3, 0.4) is 0 Å². The first-order valence-corrected chi connectivity index (χ1v) is 9.68. The second-order valence-corrected chi connectivity index (χ2v) is 7.55. The molecule has 3 heteroatoms. The van der Waals surface area contributed by atoms with Crippen molar-refractivity contribution in [2.45, 2.75) is 71.1 Å². The fraction of sp³-hybridized carbons (Fsp3) is 0.947. The van der Waals surface area contributed by atoms with E-state index >= 15 is 0 Å². The minimum absolute atomic E-state index is 0.300. The van der Waals surface area contributed by atoms with Gasteiger partial charge in [-0.25, -0.2) is 0 Å². The predicted octanol–water partition coefficient (Wildman–Crippen LogP) is 3.83. The molecular formula is C19H36N2O. The van der Waals surface area contributed by atoms with Gasteiger partial charge in [-0.1, -0.05) is 45.4 Å². The average Bonchev–Trinajstić information content (AvgIpc) is 2.56. The van der Waals surface area contributed by atoms with Gasteiger partial charge in [0.15, 0.2) is 0 Å². The number of rotatable bonds is 7. The van der Waals surface area contributed by atoms with Gasteiger partial charge >= 0.3 is 0 Å². The molecule has 1 aliphatic heterocycles. The molecule has 22 heavy (non-hydrogen) atoms. The molecule has 1 amide bonds. The fourth-order valence-corrected chi connectivity index (χ4v) is 4.42. The summed E-state index contributed by atoms with van der Waals surface area (Å²) in [6, 6.07) is 0. The van der Waals surface area contributed by atoms with Gasteiger partial charge in [0.2, 0.25) is 5.91 Å². The van der Waals surface area contributed by atoms with Crippen molar-refractivity contribution in [3.05, 3.63) is 0 Å². The van der Waals surface area contributed by atoms with E-state index in [1.807, 2.05) is 7.05 Å². The van der Waals surface area contributed by atoms with Crippen molar-refractivity contribution in [3.63, 3.8) is 0 Å². The molecule has 1 heterocycles. The molecule has 2 rings (SSSR count). The monoisotopic (exact) mass is 308 g/mol. The van der Waals surface area contributed by atoms with Crippen LogP contribution < -0.4 is 5.32 Å². The van der Waals surface area contributed by atoms with Crippen LogP contribution in [0.4, 0.5) is 0 Å². The number of piperidine rings is 1. The van der Waals surface area contributed by atoms with E-state index in [0.717, 1.165) is 50.7 Å². The summed E-state index contributed by atoms with van der Waals surface area (Å²) in [6.07, 6.45) is 12.6. The largest absolute Gasteiger partial charge is 0.342 e. The van der Waals surface area contributed by atoms with Crippen LogP contribution in [-0.4, -0.2) is 37.5 Å². The number of nitrogens with one attached hydrogen (secondary N) is 1. The van der Waals surface area contributed by atoms with Crippen LogP contribution in [0.5, 0.6) is 0 Å². The number of likely N-dealkylation sites (tertiary alicyclic amines) is 1. The first-order chi connectivity index (χ1) is 10.7. The molecule has 0 spiro atoms. The number of nitrogens with zero attached hydrogens (tertiary/aromatic N) is 1. The Morgan fingerprint density at radius 3 is 2.36 bits per heavy atom. The number of amides is 1. The topological polar surface area (TPSA) is 32.3 Å². The van der Waals surface area contributed by atoms with E-state index in [0.29, 0.717) is 11.8 Å². The van der Waals surface area contributed by atoms with Gasteiger partial charge in [-0.2, -0.15) is 0 Å². The van der Waals surface area contributed by atoms with Crippen molar-refractivity contribution in [3.8, 4) is 0 Å². The normalized spacial score (nSPS) is 22.7. The van der Waals surface area contributed by atoms with Gasteiger partial charge < -0.3 is 10.2 Å². The summed E-state index contributed by atoms with van der Waals surface area (Å²) < 4.78 is 0. The van der Waals surface area contributed by atoms with E-state index in [4.69, 9.17) is 0 Å². The minimum atomic E-state index is 0.300. The Labute approximate surface area is 137 Å². The minimum Gasteiger partial charge on any atom is -0.342 e. The van der Waals surface area contributed by atoms with Crippen molar-refractivity contribution < 1.29 is 4.79 Å². The second-order valence-electron chi connectivity index (χ2n) is 7.55. The molecule has 3 nitrogen and oxygen atoms in total. The van der Waals surface area contributed by atoms with Crippen molar-refractivity contribution in [1.82, 2.24) is 10.2 Å². The molecule has 1 atom stereocenters. The van der Waals surface area contributed by atoms with Crippen LogP contribution in [0.15, 0.2) is 0 Å². The van der Waals surface area contributed by atoms with Crippen LogP contribution in [0.1, 0.15) is 71.1 Å². The molecule has 0 aromatic heterocycles. The Hall–Kier alpha value is -0.570. The van der Waals surface area contributed by atoms with E-state index < -0.39 is 0 Å². The molecule has 1 aliphatic carbocycles. The molecule has 0 bridgehead atoms. The molecule has 0 aromatic rings. The summed E-state index contributed by atoms with van der Waals surface area (Å²) >= 11 is 0. The molecule has 2 fully saturated rings. The van der Waals surface area contributed by atoms with Gasteiger partial charge in [-0.15, -0.1) is 0 Å². The Bertz CT molecular complexity index is 317. The highest BCUT2D eigenvalue weighted by Gasteiger charge is 2.29. The van der Waals surface area contributed by atoms with E-state index in [1.54, 1.807) is 0 Å². The SMILES string of the molecule is CCCC(CC1CCCCC1)C(=O)N1CCC(CNC)CC1. The van der Waals surface area contributed by atoms with E-state index in [2.05, 4.69) is 17.1 Å². The second kappa shape index (κ2) is 9.54. The molecule has 2 aliphatic rings. The van der Waals surface area contributed by atoms with Crippen LogP contribution >= 0.6 is 0 Å². The number of hydrogen-bond acceptors (Lipinski definition) is 2. The number of hydrogen-bond donors (Lipinski definition) is 1. The predicted molar refractivity (Wildman–Crippen MR) is 92.8 cm³/mol. The van der Waals surface area contributed by atoms with Crippen LogP contribution in [-0.2, 0) is 4.79 Å². The Balaban J connectivity index is 1.83. The number of carbonyl (C=O) groups is 1. The quantitative estimate of drug-likeness (QED) is 0.775. The third-order valence-electron chi connectivity index (χ3n) is 5.75. The standard InChI is InChI=1S/C19H36N2O/c1-3-7-18(14-16-8-5-4-6-9-16)19(22)21-12-10-17(11-13-21)15-20-2/h16-18,20H,3-15H2,1-2H3. The van der Waals surface area contributed by atoms with Gasteiger partial charge in [0, 0.05) is 19.0 Å². The molecule has 128 valence electrons. The van der Waals surface area contributed by atoms with Gasteiger partial charge in [0.1, 0.15) is 0 Å². The van der Waals surface area contributed by atoms with Crippen molar-refractivity contribution >= 4 is 5.91 Å². The zero-order valence-corrected chi connectivity index (χ0v) is 14.8. The molecule has 1 saturated carbocycles. The summed E-state index contributed by atoms with van der Waals surface area (Å²) in [6.45, 7) is 5.29. The van der Waals surface area contributed by atoms with E-state index in [1.165, 1.54) is 44.9 Å². The highest BCUT2D eigenvalue weighted by Crippen LogP contribution is 2.32. The lowest BCUT2D eigenvalue weighted by Gasteiger charge is -2.35. The van der Waals surface area contributed by atoms with Gasteiger partial charge in [-0.05, 0) is 51.1 Å². The number of carbonyl (C=O) groups excluding carboxylic acids is 1. The summed E-state index contributed by atoms with van der Waals surface area (Å²) in [4.78, 5) is 15.1. The Morgan fingerprint density at radius 1 is 1.09 bits per heavy atom. The highest BCUT2D eigenvalue weighted by atomic mass is 16.2. The zero-order chi connectivity index (χ0) is 15.8. The Kier molecular flexibility index (Phi) is 7.71. The summed E-state index contributed by atoms with van der Waals surface area (Å²) in [7, 11) is 2.03. The molecule has 1 saturated heterocycles. The Morgan fingerprint density at radius 2 is 1.77 bits per heavy atom. The van der Waals surface area contributed by atoms with Gasteiger partial charge in [0.25, 0.3) is 0 Å². The third-order valence-corrected chi connectivity index (χ3v) is 5.75. The van der Waals surface area contributed by atoms with Crippen molar-refractivity contribution in [1.29, 1.82) is 0 Å². The van der Waals surface area contributed by atoms with E-state index in [9.17, 15) is 4.79 Å². The first kappa shape index (κ1) is 17.8. The highest BCUT2D eigenvalue weighted by molar-refractivity contribution is 5.79. The van der Waals surface area contributed by atoms with Crippen LogP contribution in [0.2, 0.25) is 0 Å². The summed E-state index contributed by atoms with van der Waals surface area (Å²) in [5.41, 5.74) is 0. The van der Waals surface area contributed by atoms with Gasteiger partial charge in [0.05, 0.1) is 0 Å². The van der Waals surface area contributed by atoms with E-state index in [-0.39, 0.29) is 0 Å². The first-order valence-electron chi connectivity index (χ1n) is 9.68. The zero-order valence-electron chi connectivity index (χ0n) is 14.8. The summed E-state index contributed by atoms with van der Waals surface area (Å²) in [5.74, 6) is 2.34. The smallest absolute Gasteiger partial charge is 0.225 e.